The summed E-state index contributed by atoms with van der Waals surface area (Å²) in [4.78, 5) is 11.0. The molecule has 118 valence electrons. The summed E-state index contributed by atoms with van der Waals surface area (Å²) in [5.41, 5.74) is 0. The Morgan fingerprint density at radius 3 is 2.57 bits per heavy atom. The third-order valence-electron chi connectivity index (χ3n) is 3.15. The van der Waals surface area contributed by atoms with Gasteiger partial charge in [-0.05, 0) is 31.9 Å². The fourth-order valence-corrected chi connectivity index (χ4v) is 1.93. The zero-order valence-corrected chi connectivity index (χ0v) is 13.3. The number of methoxy groups -OCH3 is 1. The van der Waals surface area contributed by atoms with Crippen LogP contribution < -0.4 is 9.47 Å². The van der Waals surface area contributed by atoms with Crippen molar-refractivity contribution in [3.05, 3.63) is 24.3 Å². The van der Waals surface area contributed by atoms with E-state index in [-0.39, 0.29) is 12.1 Å². The monoisotopic (exact) mass is 294 g/mol. The van der Waals surface area contributed by atoms with Crippen molar-refractivity contribution >= 4 is 5.97 Å². The van der Waals surface area contributed by atoms with Gasteiger partial charge in [0.15, 0.2) is 11.5 Å². The zero-order valence-electron chi connectivity index (χ0n) is 13.3. The van der Waals surface area contributed by atoms with Crippen LogP contribution in [0.5, 0.6) is 11.5 Å². The maximum absolute atomic E-state index is 11.0. The molecule has 4 nitrogen and oxygen atoms in total. The summed E-state index contributed by atoms with van der Waals surface area (Å²) >= 11 is 0. The summed E-state index contributed by atoms with van der Waals surface area (Å²) in [6, 6.07) is 7.65. The third kappa shape index (κ3) is 7.02. The lowest BCUT2D eigenvalue weighted by Gasteiger charge is -2.17. The summed E-state index contributed by atoms with van der Waals surface area (Å²) in [5.74, 6) is 1.28. The summed E-state index contributed by atoms with van der Waals surface area (Å²) in [5, 5.41) is 0. The van der Waals surface area contributed by atoms with Crippen LogP contribution in [-0.4, -0.2) is 25.8 Å². The Kier molecular flexibility index (Phi) is 8.32. The van der Waals surface area contributed by atoms with Crippen LogP contribution >= 0.6 is 0 Å². The van der Waals surface area contributed by atoms with E-state index in [0.717, 1.165) is 24.3 Å². The highest BCUT2D eigenvalue weighted by Crippen LogP contribution is 2.28. The van der Waals surface area contributed by atoms with Gasteiger partial charge in [-0.2, -0.15) is 0 Å². The van der Waals surface area contributed by atoms with Crippen molar-refractivity contribution in [3.63, 3.8) is 0 Å². The summed E-state index contributed by atoms with van der Waals surface area (Å²) in [7, 11) is 1.39. The van der Waals surface area contributed by atoms with E-state index in [4.69, 9.17) is 9.47 Å². The van der Waals surface area contributed by atoms with E-state index in [1.807, 2.05) is 24.3 Å². The fraction of sp³-hybridized carbons (Fsp3) is 0.588. The van der Waals surface area contributed by atoms with Crippen LogP contribution in [-0.2, 0) is 9.53 Å². The standard InChI is InChI=1S/C17H26O4/c1-4-5-9-14(2)21-16-11-7-6-10-15(16)20-13-8-12-17(18)19-3/h6-7,10-11,14H,4-5,8-9,12-13H2,1-3H3. The van der Waals surface area contributed by atoms with Crippen molar-refractivity contribution in [2.45, 2.75) is 52.1 Å². The average molecular weight is 294 g/mol. The van der Waals surface area contributed by atoms with Crippen LogP contribution in [0.1, 0.15) is 46.0 Å². The van der Waals surface area contributed by atoms with E-state index in [1.54, 1.807) is 0 Å². The lowest BCUT2D eigenvalue weighted by molar-refractivity contribution is -0.140. The van der Waals surface area contributed by atoms with Crippen molar-refractivity contribution in [3.8, 4) is 11.5 Å². The minimum Gasteiger partial charge on any atom is -0.490 e. The molecule has 0 bridgehead atoms. The lowest BCUT2D eigenvalue weighted by Crippen LogP contribution is -2.12. The number of rotatable bonds is 10. The number of para-hydroxylation sites is 2. The molecular formula is C17H26O4. The van der Waals surface area contributed by atoms with E-state index in [2.05, 4.69) is 18.6 Å². The number of carbonyl (C=O) groups is 1. The molecule has 1 aromatic carbocycles. The first-order valence-corrected chi connectivity index (χ1v) is 7.62. The molecule has 0 radical (unpaired) electrons. The van der Waals surface area contributed by atoms with Crippen molar-refractivity contribution in [1.29, 1.82) is 0 Å². The van der Waals surface area contributed by atoms with Crippen molar-refractivity contribution in [1.82, 2.24) is 0 Å². The normalized spacial score (nSPS) is 11.8. The molecule has 1 aromatic rings. The maximum atomic E-state index is 11.0. The third-order valence-corrected chi connectivity index (χ3v) is 3.15. The zero-order chi connectivity index (χ0) is 15.5. The van der Waals surface area contributed by atoms with Gasteiger partial charge in [0.1, 0.15) is 0 Å². The number of hydrogen-bond acceptors (Lipinski definition) is 4. The molecule has 0 aliphatic rings. The first kappa shape index (κ1) is 17.3. The second-order valence-corrected chi connectivity index (χ2v) is 5.05. The number of carbonyl (C=O) groups excluding carboxylic acids is 1. The van der Waals surface area contributed by atoms with Gasteiger partial charge in [0.25, 0.3) is 0 Å². The highest BCUT2D eigenvalue weighted by atomic mass is 16.5. The van der Waals surface area contributed by atoms with Gasteiger partial charge in [-0.25, -0.2) is 0 Å². The molecule has 1 atom stereocenters. The predicted molar refractivity (Wildman–Crippen MR) is 82.8 cm³/mol. The molecule has 1 rings (SSSR count). The number of benzene rings is 1. The SMILES string of the molecule is CCCCC(C)Oc1ccccc1OCCCC(=O)OC. The molecule has 0 aliphatic carbocycles. The Morgan fingerprint density at radius 1 is 1.19 bits per heavy atom. The Labute approximate surface area is 127 Å². The average Bonchev–Trinajstić information content (AvgIpc) is 2.50. The van der Waals surface area contributed by atoms with Crippen molar-refractivity contribution in [2.75, 3.05) is 13.7 Å². The molecule has 0 aromatic heterocycles. The lowest BCUT2D eigenvalue weighted by atomic mass is 10.2. The van der Waals surface area contributed by atoms with Crippen LogP contribution in [0.25, 0.3) is 0 Å². The van der Waals surface area contributed by atoms with Crippen molar-refractivity contribution in [2.24, 2.45) is 0 Å². The molecule has 21 heavy (non-hydrogen) atoms. The molecule has 0 N–H and O–H groups in total. The van der Waals surface area contributed by atoms with Gasteiger partial charge in [-0.3, -0.25) is 4.79 Å². The maximum Gasteiger partial charge on any atom is 0.305 e. The molecule has 4 heteroatoms. The Morgan fingerprint density at radius 2 is 1.90 bits per heavy atom. The molecule has 0 amide bonds. The number of ether oxygens (including phenoxy) is 3. The van der Waals surface area contributed by atoms with Crippen LogP contribution in [0, 0.1) is 0 Å². The van der Waals surface area contributed by atoms with Gasteiger partial charge in [-0.15, -0.1) is 0 Å². The number of hydrogen-bond donors (Lipinski definition) is 0. The van der Waals surface area contributed by atoms with E-state index >= 15 is 0 Å². The molecule has 1 unspecified atom stereocenters. The van der Waals surface area contributed by atoms with Gasteiger partial charge in [0.05, 0.1) is 19.8 Å². The molecular weight excluding hydrogens is 268 g/mol. The minimum absolute atomic E-state index is 0.171. The van der Waals surface area contributed by atoms with Gasteiger partial charge in [0.2, 0.25) is 0 Å². The second kappa shape index (κ2) is 10.1. The first-order valence-electron chi connectivity index (χ1n) is 7.62. The molecule has 0 heterocycles. The van der Waals surface area contributed by atoms with Gasteiger partial charge >= 0.3 is 5.97 Å². The summed E-state index contributed by atoms with van der Waals surface area (Å²) in [6.45, 7) is 4.72. The highest BCUT2D eigenvalue weighted by molar-refractivity contribution is 5.69. The first-order chi connectivity index (χ1) is 10.2. The van der Waals surface area contributed by atoms with E-state index in [9.17, 15) is 4.79 Å². The molecule has 0 aliphatic heterocycles. The molecule has 0 spiro atoms. The minimum atomic E-state index is -0.212. The largest absolute Gasteiger partial charge is 0.490 e. The second-order valence-electron chi connectivity index (χ2n) is 5.05. The molecule has 0 saturated heterocycles. The van der Waals surface area contributed by atoms with Crippen LogP contribution in [0.4, 0.5) is 0 Å². The smallest absolute Gasteiger partial charge is 0.305 e. The van der Waals surface area contributed by atoms with E-state index < -0.39 is 0 Å². The van der Waals surface area contributed by atoms with Crippen molar-refractivity contribution < 1.29 is 19.0 Å². The van der Waals surface area contributed by atoms with Gasteiger partial charge in [0, 0.05) is 6.42 Å². The van der Waals surface area contributed by atoms with Gasteiger partial charge in [-0.1, -0.05) is 31.9 Å². The molecule has 0 fully saturated rings. The number of unbranched alkanes of at least 4 members (excludes halogenated alkanes) is 1. The van der Waals surface area contributed by atoms with Gasteiger partial charge < -0.3 is 14.2 Å². The topological polar surface area (TPSA) is 44.8 Å². The Hall–Kier alpha value is -1.71. The quantitative estimate of drug-likeness (QED) is 0.484. The summed E-state index contributed by atoms with van der Waals surface area (Å²) < 4.78 is 16.2. The van der Waals surface area contributed by atoms with Crippen LogP contribution in [0.3, 0.4) is 0 Å². The van der Waals surface area contributed by atoms with E-state index in [1.165, 1.54) is 13.5 Å². The molecule has 0 saturated carbocycles. The fourth-order valence-electron chi connectivity index (χ4n) is 1.93. The van der Waals surface area contributed by atoms with Crippen LogP contribution in [0.2, 0.25) is 0 Å². The van der Waals surface area contributed by atoms with Crippen LogP contribution in [0.15, 0.2) is 24.3 Å². The number of esters is 1. The Balaban J connectivity index is 2.45. The van der Waals surface area contributed by atoms with E-state index in [0.29, 0.717) is 19.4 Å². The summed E-state index contributed by atoms with van der Waals surface area (Å²) in [6.07, 6.45) is 4.53. The Bertz CT molecular complexity index is 417. The highest BCUT2D eigenvalue weighted by Gasteiger charge is 2.09. The predicted octanol–water partition coefficient (Wildman–Crippen LogP) is 3.98.